The fraction of sp³-hybridized carbons (Fsp3) is 0.500. The fourth-order valence-corrected chi connectivity index (χ4v) is 4.07. The maximum Gasteiger partial charge on any atom is 0.328 e. The van der Waals surface area contributed by atoms with Crippen LogP contribution in [0.3, 0.4) is 0 Å². The van der Waals surface area contributed by atoms with Crippen LogP contribution in [-0.4, -0.2) is 48.5 Å². The third kappa shape index (κ3) is 4.19. The van der Waals surface area contributed by atoms with Gasteiger partial charge >= 0.3 is 5.97 Å². The molecule has 1 aliphatic carbocycles. The first-order chi connectivity index (χ1) is 12.9. The summed E-state index contributed by atoms with van der Waals surface area (Å²) in [6, 6.07) is 5.96. The molecular formula is C20H26BrN3O3. The van der Waals surface area contributed by atoms with Crippen LogP contribution < -0.4 is 5.32 Å². The molecule has 0 saturated carbocycles. The molecule has 0 saturated heterocycles. The largest absolute Gasteiger partial charge is 0.467 e. The highest BCUT2D eigenvalue weighted by atomic mass is 79.9. The van der Waals surface area contributed by atoms with Crippen LogP contribution in [0.4, 0.5) is 0 Å². The van der Waals surface area contributed by atoms with Crippen LogP contribution in [0.5, 0.6) is 0 Å². The molecule has 3 rings (SSSR count). The van der Waals surface area contributed by atoms with Crippen molar-refractivity contribution in [3.63, 3.8) is 0 Å². The molecule has 2 N–H and O–H groups in total. The molecule has 1 heterocycles. The summed E-state index contributed by atoms with van der Waals surface area (Å²) in [7, 11) is 2.97. The summed E-state index contributed by atoms with van der Waals surface area (Å²) in [6.45, 7) is 2.24. The van der Waals surface area contributed by atoms with E-state index >= 15 is 0 Å². The van der Waals surface area contributed by atoms with Crippen LogP contribution in [0.15, 0.2) is 22.7 Å². The molecule has 0 bridgehead atoms. The second-order valence-corrected chi connectivity index (χ2v) is 7.98. The monoisotopic (exact) mass is 435 g/mol. The molecule has 7 heteroatoms. The van der Waals surface area contributed by atoms with Crippen molar-refractivity contribution in [2.75, 3.05) is 20.7 Å². The number of H-pyrrole nitrogens is 1. The van der Waals surface area contributed by atoms with Gasteiger partial charge in [-0.1, -0.05) is 15.9 Å². The van der Waals surface area contributed by atoms with Gasteiger partial charge in [-0.05, 0) is 49.9 Å². The molecule has 2 atom stereocenters. The minimum atomic E-state index is -0.573. The number of hydrogen-bond donors (Lipinski definition) is 2. The van der Waals surface area contributed by atoms with Crippen LogP contribution in [-0.2, 0) is 20.7 Å². The van der Waals surface area contributed by atoms with Gasteiger partial charge in [0.2, 0.25) is 5.91 Å². The number of ether oxygens (including phenoxy) is 1. The Kier molecular flexibility index (Phi) is 6.22. The molecule has 0 radical (unpaired) electrons. The van der Waals surface area contributed by atoms with Crippen molar-refractivity contribution in [2.24, 2.45) is 0 Å². The summed E-state index contributed by atoms with van der Waals surface area (Å²) in [4.78, 5) is 28.9. The average Bonchev–Trinajstić information content (AvgIpc) is 3.04. The van der Waals surface area contributed by atoms with Crippen LogP contribution >= 0.6 is 15.9 Å². The number of fused-ring (bicyclic) bond motifs is 3. The number of amides is 1. The molecule has 0 spiro atoms. The lowest BCUT2D eigenvalue weighted by molar-refractivity contribution is -0.150. The van der Waals surface area contributed by atoms with Crippen molar-refractivity contribution in [3.8, 4) is 0 Å². The lowest BCUT2D eigenvalue weighted by Crippen LogP contribution is -2.42. The van der Waals surface area contributed by atoms with Crippen LogP contribution in [0.25, 0.3) is 10.9 Å². The molecule has 146 valence electrons. The number of aromatic amines is 1. The normalized spacial score (nSPS) is 17.4. The first-order valence-electron chi connectivity index (χ1n) is 9.29. The smallest absolute Gasteiger partial charge is 0.328 e. The number of methoxy groups -OCH3 is 1. The second-order valence-electron chi connectivity index (χ2n) is 7.06. The molecule has 1 unspecified atom stereocenters. The van der Waals surface area contributed by atoms with Crippen molar-refractivity contribution in [2.45, 2.75) is 44.7 Å². The Morgan fingerprint density at radius 1 is 1.44 bits per heavy atom. The van der Waals surface area contributed by atoms with E-state index in [4.69, 9.17) is 4.74 Å². The average molecular weight is 436 g/mol. The Morgan fingerprint density at radius 2 is 2.22 bits per heavy atom. The quantitative estimate of drug-likeness (QED) is 0.682. The number of esters is 1. The third-order valence-electron chi connectivity index (χ3n) is 5.42. The molecule has 2 aromatic rings. The Hall–Kier alpha value is -1.86. The number of benzene rings is 1. The molecule has 1 aliphatic rings. The summed E-state index contributed by atoms with van der Waals surface area (Å²) in [5.41, 5.74) is 3.76. The van der Waals surface area contributed by atoms with Crippen molar-refractivity contribution >= 4 is 38.7 Å². The van der Waals surface area contributed by atoms with Crippen LogP contribution in [0, 0.1) is 0 Å². The number of likely N-dealkylation sites (N-methyl/N-ethyl adjacent to an activating group) is 1. The van der Waals surface area contributed by atoms with E-state index in [1.807, 2.05) is 6.07 Å². The molecular weight excluding hydrogens is 410 g/mol. The number of aromatic nitrogens is 1. The third-order valence-corrected chi connectivity index (χ3v) is 5.91. The van der Waals surface area contributed by atoms with Crippen LogP contribution in [0.1, 0.15) is 43.5 Å². The van der Waals surface area contributed by atoms with E-state index in [0.717, 1.165) is 29.3 Å². The zero-order valence-electron chi connectivity index (χ0n) is 16.0. The number of carbonyl (C=O) groups excluding carboxylic acids is 2. The Bertz CT molecular complexity index is 848. The predicted octanol–water partition coefficient (Wildman–Crippen LogP) is 3.31. The zero-order chi connectivity index (χ0) is 19.6. The number of aryl methyl sites for hydroxylation is 1. The maximum atomic E-state index is 12.3. The van der Waals surface area contributed by atoms with Crippen molar-refractivity contribution in [1.82, 2.24) is 15.2 Å². The molecule has 6 nitrogen and oxygen atoms in total. The van der Waals surface area contributed by atoms with Gasteiger partial charge in [-0.25, -0.2) is 4.79 Å². The molecule has 27 heavy (non-hydrogen) atoms. The Balaban J connectivity index is 1.62. The summed E-state index contributed by atoms with van der Waals surface area (Å²) in [5, 5.41) is 4.79. The number of carbonyl (C=O) groups is 2. The number of nitrogens with zero attached hydrogens (tertiary/aromatic N) is 1. The lowest BCUT2D eigenvalue weighted by Gasteiger charge is -2.25. The van der Waals surface area contributed by atoms with Gasteiger partial charge in [0.25, 0.3) is 0 Å². The van der Waals surface area contributed by atoms with E-state index in [0.29, 0.717) is 13.0 Å². The molecule has 1 aromatic heterocycles. The highest BCUT2D eigenvalue weighted by Crippen LogP contribution is 2.35. The van der Waals surface area contributed by atoms with Gasteiger partial charge in [-0.3, -0.25) is 4.79 Å². The second kappa shape index (κ2) is 8.44. The summed E-state index contributed by atoms with van der Waals surface area (Å²) in [5.74, 6) is -0.475. The van der Waals surface area contributed by atoms with E-state index < -0.39 is 12.0 Å². The van der Waals surface area contributed by atoms with Gasteiger partial charge < -0.3 is 19.9 Å². The van der Waals surface area contributed by atoms with Crippen molar-refractivity contribution in [3.05, 3.63) is 33.9 Å². The SMILES string of the molecule is COC(=O)[C@H](C)N(C)C(=O)CCNC1CCCc2c1[nH]c1ccc(Br)cc21. The number of nitrogens with one attached hydrogen (secondary N) is 2. The van der Waals surface area contributed by atoms with Gasteiger partial charge in [0.05, 0.1) is 7.11 Å². The van der Waals surface area contributed by atoms with E-state index in [1.165, 1.54) is 28.7 Å². The number of rotatable bonds is 6. The maximum absolute atomic E-state index is 12.3. The predicted molar refractivity (Wildman–Crippen MR) is 109 cm³/mol. The fourth-order valence-electron chi connectivity index (χ4n) is 3.71. The van der Waals surface area contributed by atoms with Crippen molar-refractivity contribution in [1.29, 1.82) is 0 Å². The minimum Gasteiger partial charge on any atom is -0.467 e. The summed E-state index contributed by atoms with van der Waals surface area (Å²) < 4.78 is 5.79. The topological polar surface area (TPSA) is 74.4 Å². The van der Waals surface area contributed by atoms with Crippen LogP contribution in [0.2, 0.25) is 0 Å². The van der Waals surface area contributed by atoms with Gasteiger partial charge in [-0.15, -0.1) is 0 Å². The standard InChI is InChI=1S/C20H26BrN3O3/c1-12(20(26)27-3)24(2)18(25)9-10-22-17-6-4-5-14-15-11-13(21)7-8-16(15)23-19(14)17/h7-8,11-12,17,22-23H,4-6,9-10H2,1-3H3/t12-,17?/m0/s1. The lowest BCUT2D eigenvalue weighted by atomic mass is 9.91. The van der Waals surface area contributed by atoms with Gasteiger partial charge in [0.1, 0.15) is 6.04 Å². The number of hydrogen-bond acceptors (Lipinski definition) is 4. The molecule has 1 aromatic carbocycles. The molecule has 0 fully saturated rings. The first-order valence-corrected chi connectivity index (χ1v) is 10.1. The van der Waals surface area contributed by atoms with E-state index in [9.17, 15) is 9.59 Å². The Morgan fingerprint density at radius 3 is 2.96 bits per heavy atom. The van der Waals surface area contributed by atoms with E-state index in [1.54, 1.807) is 14.0 Å². The number of halogens is 1. The minimum absolute atomic E-state index is 0.0722. The van der Waals surface area contributed by atoms with Gasteiger partial charge in [0.15, 0.2) is 0 Å². The van der Waals surface area contributed by atoms with Gasteiger partial charge in [-0.2, -0.15) is 0 Å². The highest BCUT2D eigenvalue weighted by Gasteiger charge is 2.25. The Labute approximate surface area is 167 Å². The van der Waals surface area contributed by atoms with E-state index in [2.05, 4.69) is 38.4 Å². The highest BCUT2D eigenvalue weighted by molar-refractivity contribution is 9.10. The van der Waals surface area contributed by atoms with Crippen molar-refractivity contribution < 1.29 is 14.3 Å². The molecule has 1 amide bonds. The first kappa shape index (κ1) is 19.9. The van der Waals surface area contributed by atoms with E-state index in [-0.39, 0.29) is 11.9 Å². The zero-order valence-corrected chi connectivity index (χ0v) is 17.6. The summed E-state index contributed by atoms with van der Waals surface area (Å²) in [6.07, 6.45) is 3.58. The van der Waals surface area contributed by atoms with Gasteiger partial charge in [0, 0.05) is 47.1 Å². The summed E-state index contributed by atoms with van der Waals surface area (Å²) >= 11 is 3.55. The molecule has 0 aliphatic heterocycles.